The zero-order valence-corrected chi connectivity index (χ0v) is 11.7. The fourth-order valence-corrected chi connectivity index (χ4v) is 3.26. The second kappa shape index (κ2) is 4.99. The van der Waals surface area contributed by atoms with Crippen LogP contribution < -0.4 is 5.73 Å². The Bertz CT molecular complexity index is 583. The van der Waals surface area contributed by atoms with E-state index in [2.05, 4.69) is 6.07 Å². The van der Waals surface area contributed by atoms with Gasteiger partial charge in [0.1, 0.15) is 0 Å². The summed E-state index contributed by atoms with van der Waals surface area (Å²) in [5.41, 5.74) is 6.19. The van der Waals surface area contributed by atoms with Crippen molar-refractivity contribution in [2.24, 2.45) is 5.41 Å². The lowest BCUT2D eigenvalue weighted by atomic mass is 9.93. The molecule has 0 saturated carbocycles. The molecule has 0 saturated heterocycles. The van der Waals surface area contributed by atoms with E-state index < -0.39 is 15.3 Å². The van der Waals surface area contributed by atoms with Gasteiger partial charge in [-0.2, -0.15) is 5.26 Å². The van der Waals surface area contributed by atoms with E-state index in [0.29, 0.717) is 12.1 Å². The quantitative estimate of drug-likeness (QED) is 0.847. The van der Waals surface area contributed by atoms with Crippen LogP contribution in [-0.2, 0) is 9.84 Å². The SMILES string of the molecule is Cc1cccc(S(=O)(=O)CCC(C)(C)C#N)c1N. The maximum absolute atomic E-state index is 12.2. The average molecular weight is 266 g/mol. The number of aryl methyl sites for hydroxylation is 1. The Kier molecular flexibility index (Phi) is 4.02. The average Bonchev–Trinajstić information content (AvgIpc) is 2.30. The lowest BCUT2D eigenvalue weighted by Gasteiger charge is -2.15. The largest absolute Gasteiger partial charge is 0.397 e. The predicted molar refractivity (Wildman–Crippen MR) is 71.7 cm³/mol. The van der Waals surface area contributed by atoms with E-state index >= 15 is 0 Å². The molecule has 0 amide bonds. The Labute approximate surface area is 108 Å². The molecule has 18 heavy (non-hydrogen) atoms. The molecule has 2 N–H and O–H groups in total. The summed E-state index contributed by atoms with van der Waals surface area (Å²) in [5.74, 6) is -0.0682. The molecule has 98 valence electrons. The highest BCUT2D eigenvalue weighted by atomic mass is 32.2. The van der Waals surface area contributed by atoms with Crippen LogP contribution in [0, 0.1) is 23.7 Å². The van der Waals surface area contributed by atoms with Crippen molar-refractivity contribution in [3.05, 3.63) is 23.8 Å². The summed E-state index contributed by atoms with van der Waals surface area (Å²) in [6, 6.07) is 7.05. The second-order valence-corrected chi connectivity index (χ2v) is 7.13. The fraction of sp³-hybridized carbons (Fsp3) is 0.462. The van der Waals surface area contributed by atoms with Crippen LogP contribution in [0.25, 0.3) is 0 Å². The van der Waals surface area contributed by atoms with Crippen molar-refractivity contribution < 1.29 is 8.42 Å². The second-order valence-electron chi connectivity index (χ2n) is 5.05. The van der Waals surface area contributed by atoms with Gasteiger partial charge in [-0.3, -0.25) is 0 Å². The molecule has 5 heteroatoms. The molecule has 0 aliphatic rings. The summed E-state index contributed by atoms with van der Waals surface area (Å²) < 4.78 is 24.4. The van der Waals surface area contributed by atoms with Gasteiger partial charge in [-0.1, -0.05) is 12.1 Å². The first kappa shape index (κ1) is 14.5. The van der Waals surface area contributed by atoms with Crippen LogP contribution in [0.4, 0.5) is 5.69 Å². The number of nitriles is 1. The number of hydrogen-bond acceptors (Lipinski definition) is 4. The molecule has 0 aliphatic heterocycles. The fourth-order valence-electron chi connectivity index (χ4n) is 1.48. The van der Waals surface area contributed by atoms with Crippen molar-refractivity contribution in [2.45, 2.75) is 32.1 Å². The Morgan fingerprint density at radius 1 is 1.39 bits per heavy atom. The number of anilines is 1. The highest BCUT2D eigenvalue weighted by Crippen LogP contribution is 2.26. The Hall–Kier alpha value is -1.54. The van der Waals surface area contributed by atoms with Crippen LogP contribution in [0.15, 0.2) is 23.1 Å². The van der Waals surface area contributed by atoms with E-state index in [4.69, 9.17) is 11.0 Å². The first-order chi connectivity index (χ1) is 8.19. The number of benzene rings is 1. The third-order valence-corrected chi connectivity index (χ3v) is 4.69. The molecule has 1 aromatic rings. The van der Waals surface area contributed by atoms with Crippen LogP contribution in [0.1, 0.15) is 25.8 Å². The van der Waals surface area contributed by atoms with Crippen LogP contribution in [0.5, 0.6) is 0 Å². The van der Waals surface area contributed by atoms with E-state index in [9.17, 15) is 8.42 Å². The number of hydrogen-bond donors (Lipinski definition) is 1. The van der Waals surface area contributed by atoms with E-state index in [0.717, 1.165) is 5.56 Å². The molecular weight excluding hydrogens is 248 g/mol. The maximum Gasteiger partial charge on any atom is 0.180 e. The van der Waals surface area contributed by atoms with Gasteiger partial charge in [0.05, 0.1) is 27.8 Å². The molecule has 1 rings (SSSR count). The lowest BCUT2D eigenvalue weighted by Crippen LogP contribution is -2.17. The number of rotatable bonds is 4. The molecule has 0 aromatic heterocycles. The van der Waals surface area contributed by atoms with Gasteiger partial charge in [0.15, 0.2) is 9.84 Å². The monoisotopic (exact) mass is 266 g/mol. The van der Waals surface area contributed by atoms with Crippen LogP contribution in [-0.4, -0.2) is 14.2 Å². The minimum Gasteiger partial charge on any atom is -0.397 e. The van der Waals surface area contributed by atoms with Crippen molar-refractivity contribution >= 4 is 15.5 Å². The van der Waals surface area contributed by atoms with Crippen molar-refractivity contribution in [3.8, 4) is 6.07 Å². The minimum absolute atomic E-state index is 0.0682. The molecule has 0 heterocycles. The van der Waals surface area contributed by atoms with Gasteiger partial charge in [0.2, 0.25) is 0 Å². The molecule has 0 fully saturated rings. The van der Waals surface area contributed by atoms with Gasteiger partial charge in [-0.25, -0.2) is 8.42 Å². The molecular formula is C13H18N2O2S. The van der Waals surface area contributed by atoms with Crippen LogP contribution in [0.2, 0.25) is 0 Å². The molecule has 0 aliphatic carbocycles. The third-order valence-electron chi connectivity index (χ3n) is 2.92. The van der Waals surface area contributed by atoms with Gasteiger partial charge in [0, 0.05) is 0 Å². The van der Waals surface area contributed by atoms with E-state index in [1.54, 1.807) is 32.9 Å². The first-order valence-corrected chi connectivity index (χ1v) is 7.34. The summed E-state index contributed by atoms with van der Waals surface area (Å²) in [4.78, 5) is 0.163. The topological polar surface area (TPSA) is 84.0 Å². The van der Waals surface area contributed by atoms with Crippen molar-refractivity contribution in [2.75, 3.05) is 11.5 Å². The Balaban J connectivity index is 3.02. The Morgan fingerprint density at radius 2 is 2.00 bits per heavy atom. The van der Waals surface area contributed by atoms with Crippen molar-refractivity contribution in [1.29, 1.82) is 5.26 Å². The molecule has 0 spiro atoms. The number of para-hydroxylation sites is 1. The van der Waals surface area contributed by atoms with Gasteiger partial charge in [-0.15, -0.1) is 0 Å². The van der Waals surface area contributed by atoms with Crippen molar-refractivity contribution in [3.63, 3.8) is 0 Å². The van der Waals surface area contributed by atoms with Crippen LogP contribution >= 0.6 is 0 Å². The number of nitrogens with two attached hydrogens (primary N) is 1. The molecule has 0 radical (unpaired) electrons. The molecule has 0 bridgehead atoms. The van der Waals surface area contributed by atoms with Crippen LogP contribution in [0.3, 0.4) is 0 Å². The number of nitrogens with zero attached hydrogens (tertiary/aromatic N) is 1. The van der Waals surface area contributed by atoms with E-state index in [1.165, 1.54) is 6.07 Å². The summed E-state index contributed by atoms with van der Waals surface area (Å²) in [6.45, 7) is 5.22. The lowest BCUT2D eigenvalue weighted by molar-refractivity contribution is 0.473. The Morgan fingerprint density at radius 3 is 2.56 bits per heavy atom. The van der Waals surface area contributed by atoms with E-state index in [-0.39, 0.29) is 10.6 Å². The molecule has 1 aromatic carbocycles. The number of nitrogen functional groups attached to an aromatic ring is 1. The zero-order valence-electron chi connectivity index (χ0n) is 10.9. The maximum atomic E-state index is 12.2. The zero-order chi connectivity index (χ0) is 14.0. The smallest absolute Gasteiger partial charge is 0.180 e. The van der Waals surface area contributed by atoms with Gasteiger partial charge in [-0.05, 0) is 38.8 Å². The predicted octanol–water partition coefficient (Wildman–Crippen LogP) is 2.29. The third kappa shape index (κ3) is 3.23. The first-order valence-electron chi connectivity index (χ1n) is 5.69. The summed E-state index contributed by atoms with van der Waals surface area (Å²) in [7, 11) is -3.43. The number of sulfone groups is 1. The van der Waals surface area contributed by atoms with E-state index in [1.807, 2.05) is 0 Å². The van der Waals surface area contributed by atoms with Gasteiger partial charge >= 0.3 is 0 Å². The summed E-state index contributed by atoms with van der Waals surface area (Å²) >= 11 is 0. The molecule has 0 atom stereocenters. The van der Waals surface area contributed by atoms with Gasteiger partial charge < -0.3 is 5.73 Å². The summed E-state index contributed by atoms with van der Waals surface area (Å²) in [6.07, 6.45) is 0.291. The highest BCUT2D eigenvalue weighted by molar-refractivity contribution is 7.91. The van der Waals surface area contributed by atoms with Crippen molar-refractivity contribution in [1.82, 2.24) is 0 Å². The summed E-state index contributed by atoms with van der Waals surface area (Å²) in [5, 5.41) is 8.89. The molecule has 0 unspecified atom stereocenters. The molecule has 4 nitrogen and oxygen atoms in total. The van der Waals surface area contributed by atoms with Gasteiger partial charge in [0.25, 0.3) is 0 Å². The minimum atomic E-state index is -3.43. The standard InChI is InChI=1S/C13H18N2O2S/c1-10-5-4-6-11(12(10)15)18(16,17)8-7-13(2,3)9-14/h4-6H,7-8,15H2,1-3H3. The normalized spacial score (nSPS) is 12.1. The highest BCUT2D eigenvalue weighted by Gasteiger charge is 2.24.